The van der Waals surface area contributed by atoms with E-state index in [0.717, 1.165) is 0 Å². The van der Waals surface area contributed by atoms with E-state index in [1.807, 2.05) is 0 Å². The first-order valence-corrected chi connectivity index (χ1v) is 5.68. The molecule has 0 aliphatic heterocycles. The molecule has 0 unspecified atom stereocenters. The molecule has 0 saturated carbocycles. The van der Waals surface area contributed by atoms with Crippen molar-refractivity contribution < 1.29 is 14.7 Å². The number of fused-ring (bicyclic) bond motifs is 1. The van der Waals surface area contributed by atoms with Gasteiger partial charge in [-0.2, -0.15) is 0 Å². The van der Waals surface area contributed by atoms with Crippen LogP contribution in [0, 0.1) is 5.41 Å². The minimum absolute atomic E-state index is 0.0839. The van der Waals surface area contributed by atoms with E-state index in [1.54, 1.807) is 26.0 Å². The fraction of sp³-hybridized carbons (Fsp3) is 0.333. The summed E-state index contributed by atoms with van der Waals surface area (Å²) in [6.45, 7) is 3.63. The van der Waals surface area contributed by atoms with Crippen LogP contribution in [-0.4, -0.2) is 32.0 Å². The van der Waals surface area contributed by atoms with Crippen molar-refractivity contribution in [3.8, 4) is 0 Å². The second-order valence-electron chi connectivity index (χ2n) is 4.97. The summed E-state index contributed by atoms with van der Waals surface area (Å²) in [5.74, 6) is -1.52. The van der Waals surface area contributed by atoms with Crippen molar-refractivity contribution in [3.63, 3.8) is 0 Å². The highest BCUT2D eigenvalue weighted by molar-refractivity contribution is 6.00. The van der Waals surface area contributed by atoms with Crippen molar-refractivity contribution in [1.29, 1.82) is 0 Å². The van der Waals surface area contributed by atoms with Gasteiger partial charge in [0.2, 0.25) is 5.91 Å². The predicted molar refractivity (Wildman–Crippen MR) is 67.5 cm³/mol. The summed E-state index contributed by atoms with van der Waals surface area (Å²) in [6, 6.07) is 4.78. The van der Waals surface area contributed by atoms with E-state index in [4.69, 9.17) is 10.8 Å². The molecule has 1 aromatic heterocycles. The lowest BCUT2D eigenvalue weighted by molar-refractivity contribution is -0.126. The third kappa shape index (κ3) is 2.26. The van der Waals surface area contributed by atoms with Crippen LogP contribution in [0.1, 0.15) is 24.2 Å². The monoisotopic (exact) mass is 262 g/mol. The molecule has 1 aromatic carbocycles. The molecule has 0 aliphatic rings. The molecule has 1 amide bonds. The standard InChI is InChI=1S/C12H14N4O3/c1-12(2,11(13)19)6-16-8-5-3-4-7(10(17)18)9(8)14-15-16/h3-5H,6H2,1-2H3,(H2,13,19)(H,17,18). The van der Waals surface area contributed by atoms with Gasteiger partial charge < -0.3 is 10.8 Å². The van der Waals surface area contributed by atoms with Crippen LogP contribution in [0.3, 0.4) is 0 Å². The number of rotatable bonds is 4. The van der Waals surface area contributed by atoms with Crippen molar-refractivity contribution >= 4 is 22.9 Å². The van der Waals surface area contributed by atoms with Crippen molar-refractivity contribution in [2.75, 3.05) is 0 Å². The number of aromatic nitrogens is 3. The van der Waals surface area contributed by atoms with Gasteiger partial charge in [-0.25, -0.2) is 9.48 Å². The molecule has 0 saturated heterocycles. The van der Waals surface area contributed by atoms with Crippen LogP contribution >= 0.6 is 0 Å². The lowest BCUT2D eigenvalue weighted by atomic mass is 9.93. The zero-order chi connectivity index (χ0) is 14.2. The van der Waals surface area contributed by atoms with Crippen LogP contribution < -0.4 is 5.73 Å². The lowest BCUT2D eigenvalue weighted by Gasteiger charge is -2.19. The molecule has 0 fully saturated rings. The number of nitrogens with zero attached hydrogens (tertiary/aromatic N) is 3. The first-order chi connectivity index (χ1) is 8.83. The van der Waals surface area contributed by atoms with Gasteiger partial charge in [0, 0.05) is 0 Å². The molecule has 0 atom stereocenters. The predicted octanol–water partition coefficient (Wildman–Crippen LogP) is 0.641. The van der Waals surface area contributed by atoms with E-state index in [9.17, 15) is 9.59 Å². The van der Waals surface area contributed by atoms with E-state index in [1.165, 1.54) is 10.7 Å². The maximum absolute atomic E-state index is 11.3. The summed E-state index contributed by atoms with van der Waals surface area (Å²) in [6.07, 6.45) is 0. The number of hydrogen-bond donors (Lipinski definition) is 2. The quantitative estimate of drug-likeness (QED) is 0.839. The summed E-state index contributed by atoms with van der Waals surface area (Å²) in [5, 5.41) is 16.8. The Bertz CT molecular complexity index is 660. The second kappa shape index (κ2) is 4.34. The molecule has 7 heteroatoms. The number of carbonyl (C=O) groups is 2. The van der Waals surface area contributed by atoms with Gasteiger partial charge in [-0.05, 0) is 26.0 Å². The molecule has 0 radical (unpaired) electrons. The van der Waals surface area contributed by atoms with Gasteiger partial charge >= 0.3 is 5.97 Å². The third-order valence-electron chi connectivity index (χ3n) is 2.99. The highest BCUT2D eigenvalue weighted by atomic mass is 16.4. The van der Waals surface area contributed by atoms with Crippen LogP contribution in [0.2, 0.25) is 0 Å². The largest absolute Gasteiger partial charge is 0.478 e. The van der Waals surface area contributed by atoms with E-state index < -0.39 is 17.3 Å². The third-order valence-corrected chi connectivity index (χ3v) is 2.99. The molecule has 100 valence electrons. The fourth-order valence-corrected chi connectivity index (χ4v) is 1.73. The Morgan fingerprint density at radius 3 is 2.68 bits per heavy atom. The maximum Gasteiger partial charge on any atom is 0.338 e. The average Bonchev–Trinajstić information content (AvgIpc) is 2.71. The lowest BCUT2D eigenvalue weighted by Crippen LogP contribution is -2.35. The minimum Gasteiger partial charge on any atom is -0.478 e. The molecule has 19 heavy (non-hydrogen) atoms. The van der Waals surface area contributed by atoms with Crippen LogP contribution in [0.4, 0.5) is 0 Å². The van der Waals surface area contributed by atoms with Gasteiger partial charge in [0.25, 0.3) is 0 Å². The number of amides is 1. The van der Waals surface area contributed by atoms with Crippen molar-refractivity contribution in [3.05, 3.63) is 23.8 Å². The Labute approximate surface area is 109 Å². The molecule has 1 heterocycles. The van der Waals surface area contributed by atoms with Gasteiger partial charge in [0.05, 0.1) is 23.0 Å². The average molecular weight is 262 g/mol. The molecule has 2 aromatic rings. The number of benzene rings is 1. The fourth-order valence-electron chi connectivity index (χ4n) is 1.73. The summed E-state index contributed by atoms with van der Waals surface area (Å²) < 4.78 is 1.49. The van der Waals surface area contributed by atoms with Crippen molar-refractivity contribution in [2.24, 2.45) is 11.1 Å². The van der Waals surface area contributed by atoms with Crippen molar-refractivity contribution in [1.82, 2.24) is 15.0 Å². The highest BCUT2D eigenvalue weighted by Crippen LogP contribution is 2.21. The number of carboxylic acid groups (broad SMARTS) is 1. The number of carbonyl (C=O) groups excluding carboxylic acids is 1. The molecule has 0 bridgehead atoms. The molecule has 3 N–H and O–H groups in total. The normalized spacial score (nSPS) is 11.7. The minimum atomic E-state index is -1.06. The molecular formula is C12H14N4O3. The van der Waals surface area contributed by atoms with Crippen molar-refractivity contribution in [2.45, 2.75) is 20.4 Å². The van der Waals surface area contributed by atoms with E-state index >= 15 is 0 Å². The molecule has 2 rings (SSSR count). The number of nitrogens with two attached hydrogens (primary N) is 1. The first-order valence-electron chi connectivity index (χ1n) is 5.68. The molecular weight excluding hydrogens is 248 g/mol. The van der Waals surface area contributed by atoms with Gasteiger partial charge in [-0.3, -0.25) is 4.79 Å². The SMILES string of the molecule is CC(C)(Cn1nnc2c(C(=O)O)cccc21)C(N)=O. The summed E-state index contributed by atoms with van der Waals surface area (Å²) in [5.41, 5.74) is 5.47. The smallest absolute Gasteiger partial charge is 0.338 e. The first kappa shape index (κ1) is 13.0. The van der Waals surface area contributed by atoms with Gasteiger partial charge in [0.1, 0.15) is 5.52 Å². The number of carboxylic acids is 1. The van der Waals surface area contributed by atoms with Crippen LogP contribution in [-0.2, 0) is 11.3 Å². The Hall–Kier alpha value is -2.44. The van der Waals surface area contributed by atoms with Gasteiger partial charge in [-0.15, -0.1) is 5.10 Å². The number of primary amides is 1. The summed E-state index contributed by atoms with van der Waals surface area (Å²) >= 11 is 0. The number of aromatic carboxylic acids is 1. The van der Waals surface area contributed by atoms with Gasteiger partial charge in [0.15, 0.2) is 0 Å². The summed E-state index contributed by atoms with van der Waals surface area (Å²) in [7, 11) is 0. The highest BCUT2D eigenvalue weighted by Gasteiger charge is 2.27. The van der Waals surface area contributed by atoms with Gasteiger partial charge in [-0.1, -0.05) is 11.3 Å². The molecule has 0 spiro atoms. The Kier molecular flexibility index (Phi) is 2.97. The second-order valence-corrected chi connectivity index (χ2v) is 4.97. The maximum atomic E-state index is 11.3. The summed E-state index contributed by atoms with van der Waals surface area (Å²) in [4.78, 5) is 22.4. The van der Waals surface area contributed by atoms with Crippen LogP contribution in [0.15, 0.2) is 18.2 Å². The molecule has 7 nitrogen and oxygen atoms in total. The van der Waals surface area contributed by atoms with Crippen LogP contribution in [0.25, 0.3) is 11.0 Å². The topological polar surface area (TPSA) is 111 Å². The zero-order valence-corrected chi connectivity index (χ0v) is 10.6. The Balaban J connectivity index is 2.50. The van der Waals surface area contributed by atoms with E-state index in [0.29, 0.717) is 11.0 Å². The van der Waals surface area contributed by atoms with Crippen LogP contribution in [0.5, 0.6) is 0 Å². The molecule has 0 aliphatic carbocycles. The van der Waals surface area contributed by atoms with E-state index in [2.05, 4.69) is 10.3 Å². The Morgan fingerprint density at radius 1 is 1.42 bits per heavy atom. The Morgan fingerprint density at radius 2 is 2.11 bits per heavy atom. The zero-order valence-electron chi connectivity index (χ0n) is 10.6. The van der Waals surface area contributed by atoms with E-state index in [-0.39, 0.29) is 12.1 Å². The number of hydrogen-bond acceptors (Lipinski definition) is 4.